The average Bonchev–Trinajstić information content (AvgIpc) is 2.63. The Balaban J connectivity index is 1.64. The fourth-order valence-electron chi connectivity index (χ4n) is 2.94. The number of alkyl halides is 1. The third-order valence-corrected chi connectivity index (χ3v) is 5.66. The van der Waals surface area contributed by atoms with Gasteiger partial charge in [-0.1, -0.05) is 46.9 Å². The lowest BCUT2D eigenvalue weighted by molar-refractivity contribution is -0.139. The van der Waals surface area contributed by atoms with Gasteiger partial charge in [0.1, 0.15) is 5.75 Å². The van der Waals surface area contributed by atoms with E-state index in [9.17, 15) is 4.79 Å². The minimum absolute atomic E-state index is 0.0363. The second-order valence-electron chi connectivity index (χ2n) is 6.08. The average molecular weight is 431 g/mol. The summed E-state index contributed by atoms with van der Waals surface area (Å²) in [6.07, 6.45) is 4.04. The molecule has 0 bridgehead atoms. The summed E-state index contributed by atoms with van der Waals surface area (Å²) in [6.45, 7) is 0. The van der Waals surface area contributed by atoms with E-state index in [0.29, 0.717) is 15.2 Å². The van der Waals surface area contributed by atoms with E-state index < -0.39 is 0 Å². The van der Waals surface area contributed by atoms with Gasteiger partial charge >= 0.3 is 5.97 Å². The van der Waals surface area contributed by atoms with Crippen LogP contribution in [-0.2, 0) is 4.79 Å². The van der Waals surface area contributed by atoms with Gasteiger partial charge in [0.15, 0.2) is 0 Å². The van der Waals surface area contributed by atoms with Crippen LogP contribution in [0.15, 0.2) is 48.5 Å². The molecular weight excluding hydrogens is 413 g/mol. The summed E-state index contributed by atoms with van der Waals surface area (Å²) in [5, 5.41) is 8.84. The highest BCUT2D eigenvalue weighted by molar-refractivity contribution is 14.1. The first-order valence-corrected chi connectivity index (χ1v) is 9.36. The number of ether oxygens (including phenoxy) is 1. The number of hydrogen-bond acceptors (Lipinski definition) is 3. The van der Waals surface area contributed by atoms with E-state index in [-0.39, 0.29) is 11.9 Å². The summed E-state index contributed by atoms with van der Waals surface area (Å²) in [5.41, 5.74) is 2.71. The Morgan fingerprint density at radius 2 is 1.50 bits per heavy atom. The van der Waals surface area contributed by atoms with Crippen LogP contribution in [0, 0.1) is 17.2 Å². The summed E-state index contributed by atoms with van der Waals surface area (Å²) in [5.74, 6) is 0.521. The molecule has 0 N–H and O–H groups in total. The maximum atomic E-state index is 12.2. The Morgan fingerprint density at radius 3 is 2.04 bits per heavy atom. The summed E-state index contributed by atoms with van der Waals surface area (Å²) in [6, 6.07) is 17.1. The molecule has 3 rings (SSSR count). The van der Waals surface area contributed by atoms with Crippen molar-refractivity contribution < 1.29 is 9.53 Å². The molecule has 0 radical (unpaired) electrons. The van der Waals surface area contributed by atoms with Gasteiger partial charge in [-0.2, -0.15) is 5.26 Å². The van der Waals surface area contributed by atoms with Crippen molar-refractivity contribution in [1.82, 2.24) is 0 Å². The van der Waals surface area contributed by atoms with E-state index >= 15 is 0 Å². The lowest BCUT2D eigenvalue weighted by atomic mass is 9.89. The van der Waals surface area contributed by atoms with Gasteiger partial charge in [0, 0.05) is 3.92 Å². The van der Waals surface area contributed by atoms with Crippen LogP contribution in [0.3, 0.4) is 0 Å². The highest BCUT2D eigenvalue weighted by atomic mass is 127. The smallest absolute Gasteiger partial charge is 0.314 e. The molecule has 3 nitrogen and oxygen atoms in total. The van der Waals surface area contributed by atoms with Gasteiger partial charge in [0.05, 0.1) is 17.6 Å². The molecule has 0 aromatic heterocycles. The number of carbonyl (C=O) groups excluding carboxylic acids is 1. The Labute approximate surface area is 155 Å². The Bertz CT molecular complexity index is 739. The van der Waals surface area contributed by atoms with Crippen LogP contribution < -0.4 is 4.74 Å². The number of rotatable bonds is 3. The molecule has 1 aliphatic carbocycles. The number of esters is 1. The van der Waals surface area contributed by atoms with Crippen LogP contribution >= 0.6 is 22.6 Å². The summed E-state index contributed by atoms with van der Waals surface area (Å²) < 4.78 is 6.22. The maximum Gasteiger partial charge on any atom is 0.314 e. The van der Waals surface area contributed by atoms with Gasteiger partial charge in [-0.3, -0.25) is 4.79 Å². The Hall–Kier alpha value is -1.87. The SMILES string of the molecule is N#Cc1ccc(-c2ccc(OC(=O)C3CCC(I)CC3)cc2)cc1. The van der Waals surface area contributed by atoms with Crippen LogP contribution in [0.5, 0.6) is 5.75 Å². The summed E-state index contributed by atoms with van der Waals surface area (Å²) in [7, 11) is 0. The van der Waals surface area contributed by atoms with Crippen molar-refractivity contribution in [2.75, 3.05) is 0 Å². The fraction of sp³-hybridized carbons (Fsp3) is 0.300. The molecule has 0 aliphatic heterocycles. The monoisotopic (exact) mass is 431 g/mol. The topological polar surface area (TPSA) is 50.1 Å². The number of benzene rings is 2. The Morgan fingerprint density at radius 1 is 0.958 bits per heavy atom. The van der Waals surface area contributed by atoms with Crippen molar-refractivity contribution in [3.8, 4) is 22.9 Å². The molecule has 0 amide bonds. The normalized spacial score (nSPS) is 20.2. The molecule has 0 unspecified atom stereocenters. The maximum absolute atomic E-state index is 12.2. The highest BCUT2D eigenvalue weighted by Gasteiger charge is 2.26. The molecule has 122 valence electrons. The molecule has 0 atom stereocenters. The first-order valence-electron chi connectivity index (χ1n) is 8.12. The zero-order chi connectivity index (χ0) is 16.9. The van der Waals surface area contributed by atoms with Crippen molar-refractivity contribution >= 4 is 28.6 Å². The van der Waals surface area contributed by atoms with Gasteiger partial charge in [0.2, 0.25) is 0 Å². The van der Waals surface area contributed by atoms with Crippen molar-refractivity contribution in [3.63, 3.8) is 0 Å². The largest absolute Gasteiger partial charge is 0.426 e. The van der Waals surface area contributed by atoms with Crippen molar-refractivity contribution in [2.24, 2.45) is 5.92 Å². The van der Waals surface area contributed by atoms with E-state index in [1.165, 1.54) is 0 Å². The number of carbonyl (C=O) groups is 1. The van der Waals surface area contributed by atoms with Gasteiger partial charge in [-0.25, -0.2) is 0 Å². The van der Waals surface area contributed by atoms with E-state index in [4.69, 9.17) is 10.00 Å². The predicted molar refractivity (Wildman–Crippen MR) is 102 cm³/mol. The predicted octanol–water partition coefficient (Wildman–Crippen LogP) is 5.12. The number of hydrogen-bond donors (Lipinski definition) is 0. The minimum atomic E-state index is -0.107. The number of nitrogens with zero attached hydrogens (tertiary/aromatic N) is 1. The molecular formula is C20H18INO2. The molecule has 1 fully saturated rings. The van der Waals surface area contributed by atoms with Crippen LogP contribution in [0.1, 0.15) is 31.2 Å². The molecule has 2 aromatic carbocycles. The highest BCUT2D eigenvalue weighted by Crippen LogP contribution is 2.30. The number of nitriles is 1. The van der Waals surface area contributed by atoms with Crippen molar-refractivity contribution in [3.05, 3.63) is 54.1 Å². The van der Waals surface area contributed by atoms with E-state index in [2.05, 4.69) is 28.7 Å². The standard InChI is InChI=1S/C20H18INO2/c21-18-9-5-17(6-10-18)20(23)24-19-11-7-16(8-12-19)15-3-1-14(13-22)2-4-15/h1-4,7-8,11-12,17-18H,5-6,9-10H2. The van der Waals surface area contributed by atoms with Crippen LogP contribution in [0.25, 0.3) is 11.1 Å². The van der Waals surface area contributed by atoms with Crippen molar-refractivity contribution in [2.45, 2.75) is 29.6 Å². The van der Waals surface area contributed by atoms with Crippen LogP contribution in [-0.4, -0.2) is 9.89 Å². The third-order valence-electron chi connectivity index (χ3n) is 4.41. The Kier molecular flexibility index (Phi) is 5.52. The first kappa shape index (κ1) is 17.0. The van der Waals surface area contributed by atoms with Crippen molar-refractivity contribution in [1.29, 1.82) is 5.26 Å². The molecule has 1 aliphatic rings. The zero-order valence-corrected chi connectivity index (χ0v) is 15.4. The second-order valence-corrected chi connectivity index (χ2v) is 7.85. The summed E-state index contributed by atoms with van der Waals surface area (Å²) >= 11 is 2.46. The third kappa shape index (κ3) is 4.15. The molecule has 2 aromatic rings. The number of halogens is 1. The van der Waals surface area contributed by atoms with Gasteiger partial charge in [-0.05, 0) is 61.1 Å². The van der Waals surface area contributed by atoms with E-state index in [0.717, 1.165) is 36.8 Å². The lowest BCUT2D eigenvalue weighted by Crippen LogP contribution is -2.25. The van der Waals surface area contributed by atoms with Gasteiger partial charge < -0.3 is 4.74 Å². The van der Waals surface area contributed by atoms with Gasteiger partial charge in [0.25, 0.3) is 0 Å². The molecule has 0 saturated heterocycles. The zero-order valence-electron chi connectivity index (χ0n) is 13.2. The second kappa shape index (κ2) is 7.80. The van der Waals surface area contributed by atoms with Crippen LogP contribution in [0.4, 0.5) is 0 Å². The minimum Gasteiger partial charge on any atom is -0.426 e. The lowest BCUT2D eigenvalue weighted by Gasteiger charge is -2.23. The first-order chi connectivity index (χ1) is 11.7. The van der Waals surface area contributed by atoms with E-state index in [1.807, 2.05) is 36.4 Å². The molecule has 24 heavy (non-hydrogen) atoms. The summed E-state index contributed by atoms with van der Waals surface area (Å²) in [4.78, 5) is 12.2. The van der Waals surface area contributed by atoms with Crippen LogP contribution in [0.2, 0.25) is 0 Å². The van der Waals surface area contributed by atoms with Gasteiger partial charge in [-0.15, -0.1) is 0 Å². The fourth-order valence-corrected chi connectivity index (χ4v) is 3.66. The molecule has 1 saturated carbocycles. The van der Waals surface area contributed by atoms with E-state index in [1.54, 1.807) is 12.1 Å². The molecule has 0 heterocycles. The quantitative estimate of drug-likeness (QED) is 0.293. The molecule has 0 spiro atoms. The molecule has 4 heteroatoms.